The Kier molecular flexibility index (Phi) is 4.82. The first-order valence-corrected chi connectivity index (χ1v) is 11.1. The summed E-state index contributed by atoms with van der Waals surface area (Å²) >= 11 is 0. The molecule has 0 saturated carbocycles. The van der Waals surface area contributed by atoms with Crippen LogP contribution in [-0.2, 0) is 0 Å². The second-order valence-corrected chi connectivity index (χ2v) is 8.14. The van der Waals surface area contributed by atoms with Gasteiger partial charge in [-0.1, -0.05) is 84.9 Å². The van der Waals surface area contributed by atoms with Crippen molar-refractivity contribution in [2.24, 2.45) is 0 Å². The third-order valence-corrected chi connectivity index (χ3v) is 6.05. The summed E-state index contributed by atoms with van der Waals surface area (Å²) in [5, 5.41) is 2.54. The number of aromatic nitrogens is 2. The van der Waals surface area contributed by atoms with Crippen molar-refractivity contribution >= 4 is 34.0 Å². The Labute approximate surface area is 193 Å². The Morgan fingerprint density at radius 2 is 1.24 bits per heavy atom. The van der Waals surface area contributed by atoms with E-state index < -0.39 is 0 Å². The fourth-order valence-electron chi connectivity index (χ4n) is 4.44. The van der Waals surface area contributed by atoms with Crippen molar-refractivity contribution in [1.82, 2.24) is 9.55 Å². The second-order valence-electron chi connectivity index (χ2n) is 8.14. The van der Waals surface area contributed by atoms with Gasteiger partial charge in [-0.2, -0.15) is 0 Å². The average molecular weight is 423 g/mol. The van der Waals surface area contributed by atoms with E-state index in [1.54, 1.807) is 0 Å². The molecule has 0 bridgehead atoms. The van der Waals surface area contributed by atoms with Crippen molar-refractivity contribution in [2.45, 2.75) is 0 Å². The monoisotopic (exact) mass is 422 g/mol. The van der Waals surface area contributed by atoms with Crippen molar-refractivity contribution in [2.75, 3.05) is 0 Å². The molecule has 0 fully saturated rings. The van der Waals surface area contributed by atoms with Gasteiger partial charge in [0, 0.05) is 28.2 Å². The van der Waals surface area contributed by atoms with Gasteiger partial charge in [0.25, 0.3) is 0 Å². The lowest BCUT2D eigenvalue weighted by molar-refractivity contribution is 1.18. The molecule has 0 amide bonds. The topological polar surface area (TPSA) is 17.8 Å². The van der Waals surface area contributed by atoms with Crippen molar-refractivity contribution < 1.29 is 0 Å². The average Bonchev–Trinajstić information content (AvgIpc) is 3.22. The minimum absolute atomic E-state index is 0.994. The minimum Gasteiger partial charge on any atom is -0.309 e. The van der Waals surface area contributed by atoms with Gasteiger partial charge in [-0.15, -0.1) is 0 Å². The first-order chi connectivity index (χ1) is 16.4. The molecule has 0 aliphatic heterocycles. The highest BCUT2D eigenvalue weighted by molar-refractivity contribution is 6.10. The summed E-state index contributed by atoms with van der Waals surface area (Å²) in [7, 11) is 0. The van der Waals surface area contributed by atoms with Gasteiger partial charge in [-0.25, -0.2) is 0 Å². The molecule has 6 rings (SSSR count). The van der Waals surface area contributed by atoms with Gasteiger partial charge in [0.1, 0.15) is 0 Å². The number of pyridine rings is 1. The molecule has 0 aliphatic rings. The van der Waals surface area contributed by atoms with Crippen molar-refractivity contribution in [3.8, 4) is 16.9 Å². The fourth-order valence-corrected chi connectivity index (χ4v) is 4.44. The molecule has 0 aliphatic carbocycles. The maximum Gasteiger partial charge on any atom is 0.0701 e. The highest BCUT2D eigenvalue weighted by atomic mass is 15.0. The smallest absolute Gasteiger partial charge is 0.0701 e. The highest BCUT2D eigenvalue weighted by Gasteiger charge is 2.11. The maximum absolute atomic E-state index is 4.43. The summed E-state index contributed by atoms with van der Waals surface area (Å²) in [6, 6.07) is 40.4. The summed E-state index contributed by atoms with van der Waals surface area (Å²) in [6.45, 7) is 0. The molecule has 33 heavy (non-hydrogen) atoms. The molecule has 2 heterocycles. The molecule has 0 N–H and O–H groups in total. The number of fused-ring (bicyclic) bond motifs is 3. The molecule has 2 heteroatoms. The molecule has 0 radical (unpaired) electrons. The van der Waals surface area contributed by atoms with Crippen molar-refractivity contribution in [1.29, 1.82) is 0 Å². The van der Waals surface area contributed by atoms with Crippen LogP contribution < -0.4 is 0 Å². The lowest BCUT2D eigenvalue weighted by Gasteiger charge is -2.07. The molecule has 156 valence electrons. The van der Waals surface area contributed by atoms with E-state index in [1.807, 2.05) is 24.4 Å². The lowest BCUT2D eigenvalue weighted by atomic mass is 10.1. The third kappa shape index (κ3) is 3.62. The largest absolute Gasteiger partial charge is 0.309 e. The standard InChI is InChI=1S/C31H22N2/c1-2-8-26(9-3-1)33-30-12-5-4-10-27(30)28-22-24(17-20-31(28)33)14-13-23-15-18-25(19-16-23)29-11-6-7-21-32-29/h1-22H/b14-13+. The number of rotatable bonds is 4. The zero-order chi connectivity index (χ0) is 22.0. The fraction of sp³-hybridized carbons (Fsp3) is 0. The first-order valence-electron chi connectivity index (χ1n) is 11.1. The van der Waals surface area contributed by atoms with Gasteiger partial charge >= 0.3 is 0 Å². The van der Waals surface area contributed by atoms with Gasteiger partial charge in [0.15, 0.2) is 0 Å². The van der Waals surface area contributed by atoms with Crippen molar-refractivity contribution in [3.05, 3.63) is 133 Å². The van der Waals surface area contributed by atoms with E-state index in [0.717, 1.165) is 11.3 Å². The summed E-state index contributed by atoms with van der Waals surface area (Å²) in [5.74, 6) is 0. The second kappa shape index (κ2) is 8.25. The lowest BCUT2D eigenvalue weighted by Crippen LogP contribution is -1.92. The van der Waals surface area contributed by atoms with Gasteiger partial charge < -0.3 is 4.57 Å². The van der Waals surface area contributed by atoms with Crippen molar-refractivity contribution in [3.63, 3.8) is 0 Å². The van der Waals surface area contributed by atoms with Crippen LogP contribution >= 0.6 is 0 Å². The number of hydrogen-bond acceptors (Lipinski definition) is 1. The van der Waals surface area contributed by atoms with Gasteiger partial charge in [-0.3, -0.25) is 4.98 Å². The van der Waals surface area contributed by atoms with Crippen LogP contribution in [0.15, 0.2) is 121 Å². The molecule has 2 aromatic heterocycles. The third-order valence-electron chi connectivity index (χ3n) is 6.05. The number of hydrogen-bond donors (Lipinski definition) is 0. The molecule has 2 nitrogen and oxygen atoms in total. The quantitative estimate of drug-likeness (QED) is 0.263. The summed E-state index contributed by atoms with van der Waals surface area (Å²) in [5.41, 5.74) is 8.11. The molecular formula is C31H22N2. The SMILES string of the molecule is C(=C\c1ccc2c(c1)c1ccccc1n2-c1ccccc1)/c1ccc(-c2ccccn2)cc1. The van der Waals surface area contributed by atoms with Crippen LogP contribution in [-0.4, -0.2) is 9.55 Å². The van der Waals surface area contributed by atoms with E-state index in [4.69, 9.17) is 0 Å². The van der Waals surface area contributed by atoms with Crippen LogP contribution in [0.3, 0.4) is 0 Å². The van der Waals surface area contributed by atoms with Gasteiger partial charge in [0.2, 0.25) is 0 Å². The van der Waals surface area contributed by atoms with Crippen LogP contribution in [0.4, 0.5) is 0 Å². The van der Waals surface area contributed by atoms with Gasteiger partial charge in [-0.05, 0) is 53.6 Å². The number of nitrogens with zero attached hydrogens (tertiary/aromatic N) is 2. The first kappa shape index (κ1) is 19.3. The summed E-state index contributed by atoms with van der Waals surface area (Å²) in [6.07, 6.45) is 6.18. The van der Waals surface area contributed by atoms with Crippen LogP contribution in [0.5, 0.6) is 0 Å². The highest BCUT2D eigenvalue weighted by Crippen LogP contribution is 2.32. The van der Waals surface area contributed by atoms with E-state index >= 15 is 0 Å². The molecule has 0 saturated heterocycles. The predicted octanol–water partition coefficient (Wildman–Crippen LogP) is 8.02. The Morgan fingerprint density at radius 1 is 0.545 bits per heavy atom. The molecule has 0 unspecified atom stereocenters. The number of para-hydroxylation sites is 2. The van der Waals surface area contributed by atoms with Crippen LogP contribution in [0, 0.1) is 0 Å². The minimum atomic E-state index is 0.994. The Balaban J connectivity index is 1.37. The number of benzene rings is 4. The maximum atomic E-state index is 4.43. The molecule has 0 spiro atoms. The summed E-state index contributed by atoms with van der Waals surface area (Å²) < 4.78 is 2.34. The van der Waals surface area contributed by atoms with E-state index in [2.05, 4.69) is 119 Å². The van der Waals surface area contributed by atoms with Crippen LogP contribution in [0.25, 0.3) is 50.9 Å². The summed E-state index contributed by atoms with van der Waals surface area (Å²) in [4.78, 5) is 4.43. The molecule has 0 atom stereocenters. The molecular weight excluding hydrogens is 400 g/mol. The zero-order valence-corrected chi connectivity index (χ0v) is 18.1. The van der Waals surface area contributed by atoms with Gasteiger partial charge in [0.05, 0.1) is 16.7 Å². The molecule has 4 aromatic carbocycles. The Morgan fingerprint density at radius 3 is 2.06 bits per heavy atom. The normalized spacial score (nSPS) is 11.5. The van der Waals surface area contributed by atoms with E-state index in [9.17, 15) is 0 Å². The molecule has 6 aromatic rings. The van der Waals surface area contributed by atoms with Crippen LogP contribution in [0.2, 0.25) is 0 Å². The Hall–Kier alpha value is -4.43. The Bertz CT molecular complexity index is 1580. The van der Waals surface area contributed by atoms with E-state index in [-0.39, 0.29) is 0 Å². The van der Waals surface area contributed by atoms with Crippen LogP contribution in [0.1, 0.15) is 11.1 Å². The predicted molar refractivity (Wildman–Crippen MR) is 139 cm³/mol. The van der Waals surface area contributed by atoms with E-state index in [0.29, 0.717) is 0 Å². The zero-order valence-electron chi connectivity index (χ0n) is 18.1. The van der Waals surface area contributed by atoms with E-state index in [1.165, 1.54) is 38.6 Å².